The van der Waals surface area contributed by atoms with Gasteiger partial charge in [-0.25, -0.2) is 4.98 Å². The van der Waals surface area contributed by atoms with Crippen LogP contribution in [0.5, 0.6) is 5.75 Å². The molecule has 1 amide bonds. The number of para-hydroxylation sites is 1. The molecule has 0 unspecified atom stereocenters. The van der Waals surface area contributed by atoms with Crippen molar-refractivity contribution in [3.05, 3.63) is 66.3 Å². The number of anilines is 5. The Morgan fingerprint density at radius 3 is 2.58 bits per heavy atom. The van der Waals surface area contributed by atoms with Crippen LogP contribution >= 0.6 is 18.7 Å². The van der Waals surface area contributed by atoms with E-state index in [-0.39, 0.29) is 11.9 Å². The van der Waals surface area contributed by atoms with E-state index in [9.17, 15) is 9.36 Å². The minimum Gasteiger partial charge on any atom is -0.495 e. The van der Waals surface area contributed by atoms with E-state index in [1.54, 1.807) is 31.4 Å². The summed E-state index contributed by atoms with van der Waals surface area (Å²) in [5, 5.41) is 7.38. The van der Waals surface area contributed by atoms with E-state index < -0.39 is 7.14 Å². The fraction of sp³-hybridized carbons (Fsp3) is 0.321. The molecule has 0 bridgehead atoms. The Morgan fingerprint density at radius 2 is 1.92 bits per heavy atom. The minimum absolute atomic E-state index is 0.179. The van der Waals surface area contributed by atoms with Crippen molar-refractivity contribution in [3.63, 3.8) is 0 Å². The number of nitrogens with one attached hydrogen (secondary N) is 2. The highest BCUT2D eigenvalue weighted by atomic mass is 35.5. The van der Waals surface area contributed by atoms with Crippen LogP contribution in [0.1, 0.15) is 26.7 Å². The molecule has 0 aliphatic heterocycles. The lowest BCUT2D eigenvalue weighted by Gasteiger charge is -2.23. The average Bonchev–Trinajstić information content (AvgIpc) is 2.87. The van der Waals surface area contributed by atoms with Gasteiger partial charge in [-0.05, 0) is 68.5 Å². The number of carbonyl (C=O) groups excluding carboxylic acids is 1. The average molecular weight is 556 g/mol. The van der Waals surface area contributed by atoms with Gasteiger partial charge in [0.15, 0.2) is 5.82 Å². The number of ether oxygens (including phenoxy) is 1. The monoisotopic (exact) mass is 555 g/mol. The number of benzene rings is 2. The van der Waals surface area contributed by atoms with Gasteiger partial charge < -0.3 is 24.8 Å². The number of nitrogens with zero attached hydrogens (tertiary/aromatic N) is 3. The molecule has 0 saturated heterocycles. The highest BCUT2D eigenvalue weighted by Crippen LogP contribution is 2.39. The Morgan fingerprint density at radius 1 is 1.18 bits per heavy atom. The molecule has 1 aromatic heterocycles. The van der Waals surface area contributed by atoms with Gasteiger partial charge in [-0.2, -0.15) is 4.98 Å². The molecule has 0 fully saturated rings. The molecule has 2 aromatic carbocycles. The van der Waals surface area contributed by atoms with Crippen molar-refractivity contribution in [1.82, 2.24) is 9.97 Å². The number of hydrogen-bond acceptors (Lipinski definition) is 7. The number of aromatic nitrogens is 2. The number of amides is 1. The molecule has 3 rings (SSSR count). The molecule has 202 valence electrons. The van der Waals surface area contributed by atoms with Crippen molar-refractivity contribution in [2.24, 2.45) is 5.92 Å². The van der Waals surface area contributed by atoms with Crippen LogP contribution in [-0.2, 0) is 9.36 Å². The van der Waals surface area contributed by atoms with E-state index in [1.807, 2.05) is 36.4 Å². The number of carbonyl (C=O) groups is 1. The predicted molar refractivity (Wildman–Crippen MR) is 159 cm³/mol. The molecular weight excluding hydrogens is 521 g/mol. The zero-order chi connectivity index (χ0) is 27.9. The summed E-state index contributed by atoms with van der Waals surface area (Å²) >= 11 is 6.40. The second-order valence-corrected chi connectivity index (χ2v) is 13.2. The van der Waals surface area contributed by atoms with Crippen molar-refractivity contribution >= 4 is 58.8 Å². The van der Waals surface area contributed by atoms with Gasteiger partial charge >= 0.3 is 0 Å². The van der Waals surface area contributed by atoms with Crippen LogP contribution in [0.2, 0.25) is 5.02 Å². The van der Waals surface area contributed by atoms with Crippen LogP contribution in [-0.4, -0.2) is 42.9 Å². The molecule has 38 heavy (non-hydrogen) atoms. The highest BCUT2D eigenvalue weighted by molar-refractivity contribution is 7.70. The van der Waals surface area contributed by atoms with E-state index >= 15 is 0 Å². The zero-order valence-corrected chi connectivity index (χ0v) is 24.1. The van der Waals surface area contributed by atoms with Crippen molar-refractivity contribution in [2.75, 3.05) is 42.5 Å². The summed E-state index contributed by atoms with van der Waals surface area (Å²) in [6.45, 7) is 12.0. The van der Waals surface area contributed by atoms with Gasteiger partial charge in [-0.15, -0.1) is 0 Å². The quantitative estimate of drug-likeness (QED) is 0.187. The first-order valence-corrected chi connectivity index (χ1v) is 15.3. The van der Waals surface area contributed by atoms with Crippen molar-refractivity contribution in [1.29, 1.82) is 0 Å². The lowest BCUT2D eigenvalue weighted by atomic mass is 10.1. The van der Waals surface area contributed by atoms with E-state index in [1.165, 1.54) is 12.3 Å². The third kappa shape index (κ3) is 7.59. The Hall–Kier alpha value is -3.35. The molecule has 1 heterocycles. The minimum atomic E-state index is -2.55. The highest BCUT2D eigenvalue weighted by Gasteiger charge is 2.19. The molecule has 8 nitrogen and oxygen atoms in total. The number of rotatable bonds is 12. The first-order valence-electron chi connectivity index (χ1n) is 12.4. The van der Waals surface area contributed by atoms with Crippen LogP contribution in [0.25, 0.3) is 0 Å². The van der Waals surface area contributed by atoms with Crippen LogP contribution in [0.15, 0.2) is 61.3 Å². The molecule has 2 N–H and O–H groups in total. The molecule has 0 spiro atoms. The van der Waals surface area contributed by atoms with E-state index in [4.69, 9.17) is 16.3 Å². The molecule has 0 aliphatic carbocycles. The summed E-state index contributed by atoms with van der Waals surface area (Å²) in [5.41, 5.74) is 1.94. The fourth-order valence-corrected chi connectivity index (χ4v) is 5.20. The van der Waals surface area contributed by atoms with Crippen LogP contribution in [0, 0.1) is 5.92 Å². The van der Waals surface area contributed by atoms with Gasteiger partial charge in [0.05, 0.1) is 24.7 Å². The Kier molecular flexibility index (Phi) is 9.95. The SMILES string of the molecule is C=CC(=O)N(CCCC(C)C)c1ccc(OC)c(Nc2ncc(Cl)c(Nc3ccccc3P(C)(C)=O)n2)c1. The normalized spacial score (nSPS) is 11.2. The largest absolute Gasteiger partial charge is 0.495 e. The van der Waals surface area contributed by atoms with Crippen molar-refractivity contribution in [2.45, 2.75) is 26.7 Å². The number of halogens is 1. The van der Waals surface area contributed by atoms with Crippen molar-refractivity contribution < 1.29 is 14.1 Å². The van der Waals surface area contributed by atoms with Crippen LogP contribution in [0.3, 0.4) is 0 Å². The predicted octanol–water partition coefficient (Wildman–Crippen LogP) is 6.83. The van der Waals surface area contributed by atoms with Gasteiger partial charge in [-0.3, -0.25) is 4.79 Å². The molecule has 0 aliphatic rings. The van der Waals surface area contributed by atoms with Gasteiger partial charge in [0.25, 0.3) is 0 Å². The lowest BCUT2D eigenvalue weighted by molar-refractivity contribution is -0.114. The lowest BCUT2D eigenvalue weighted by Crippen LogP contribution is -2.30. The van der Waals surface area contributed by atoms with Crippen molar-refractivity contribution in [3.8, 4) is 5.75 Å². The summed E-state index contributed by atoms with van der Waals surface area (Å²) in [6, 6.07) is 12.8. The maximum atomic E-state index is 12.8. The first kappa shape index (κ1) is 29.2. The number of hydrogen-bond donors (Lipinski definition) is 2. The summed E-state index contributed by atoms with van der Waals surface area (Å²) in [5.74, 6) is 1.54. The van der Waals surface area contributed by atoms with Crippen LogP contribution < -0.4 is 25.6 Å². The summed E-state index contributed by atoms with van der Waals surface area (Å²) < 4.78 is 18.3. The molecular formula is C28H35ClN5O3P. The maximum absolute atomic E-state index is 12.8. The molecule has 0 saturated carbocycles. The standard InChI is InChI=1S/C28H35ClN5O3P/c1-7-26(35)34(16-10-11-19(2)3)20-14-15-24(37-4)23(17-20)32-28-30-18-21(29)27(33-28)31-22-12-8-9-13-25(22)38(5,6)36/h7-9,12-15,17-19H,1,10-11,16H2,2-6H3,(H2,30,31,32,33). The molecule has 0 atom stereocenters. The third-order valence-corrected chi connectivity index (χ3v) is 7.65. The zero-order valence-electron chi connectivity index (χ0n) is 22.5. The Labute approximate surface area is 229 Å². The first-order chi connectivity index (χ1) is 18.0. The summed E-state index contributed by atoms with van der Waals surface area (Å²) in [6.07, 6.45) is 4.67. The van der Waals surface area contributed by atoms with E-state index in [0.29, 0.717) is 51.4 Å². The molecule has 3 aromatic rings. The van der Waals surface area contributed by atoms with Gasteiger partial charge in [-0.1, -0.05) is 44.2 Å². The Balaban J connectivity index is 1.92. The van der Waals surface area contributed by atoms with E-state index in [0.717, 1.165) is 12.8 Å². The smallest absolute Gasteiger partial charge is 0.250 e. The Bertz CT molecular complexity index is 1340. The van der Waals surface area contributed by atoms with E-state index in [2.05, 4.69) is 41.0 Å². The molecule has 10 heteroatoms. The number of methoxy groups -OCH3 is 1. The molecule has 0 radical (unpaired) electrons. The van der Waals surface area contributed by atoms with Gasteiger partial charge in [0.1, 0.15) is 17.9 Å². The van der Waals surface area contributed by atoms with Gasteiger partial charge in [0, 0.05) is 17.5 Å². The fourth-order valence-electron chi connectivity index (χ4n) is 3.91. The maximum Gasteiger partial charge on any atom is 0.250 e. The summed E-state index contributed by atoms with van der Waals surface area (Å²) in [4.78, 5) is 23.2. The topological polar surface area (TPSA) is 96.5 Å². The van der Waals surface area contributed by atoms with Crippen LogP contribution in [0.4, 0.5) is 28.8 Å². The van der Waals surface area contributed by atoms with Gasteiger partial charge in [0.2, 0.25) is 11.9 Å². The second kappa shape index (κ2) is 12.9. The second-order valence-electron chi connectivity index (χ2n) is 9.62. The summed E-state index contributed by atoms with van der Waals surface area (Å²) in [7, 11) is -0.980. The third-order valence-electron chi connectivity index (χ3n) is 5.83.